The number of rotatable bonds is 6. The first-order chi connectivity index (χ1) is 4.77. The van der Waals surface area contributed by atoms with Crippen LogP contribution in [0.1, 0.15) is 19.8 Å². The highest BCUT2D eigenvalue weighted by molar-refractivity contribution is 6.20. The summed E-state index contributed by atoms with van der Waals surface area (Å²) >= 11 is 5.66. The molecule has 0 aromatic rings. The molecule has 0 fully saturated rings. The zero-order valence-corrected chi connectivity index (χ0v) is 6.86. The summed E-state index contributed by atoms with van der Waals surface area (Å²) in [6, 6.07) is 0. The van der Waals surface area contributed by atoms with Crippen LogP contribution < -0.4 is 0 Å². The molecule has 10 heavy (non-hydrogen) atoms. The SMILES string of the molecule is CC(Cl)CCCOC[C]=O. The minimum absolute atomic E-state index is 0.0800. The van der Waals surface area contributed by atoms with Crippen LogP contribution in [0.5, 0.6) is 0 Å². The van der Waals surface area contributed by atoms with Crippen LogP contribution in [-0.2, 0) is 9.53 Å². The molecule has 59 valence electrons. The smallest absolute Gasteiger partial charge is 0.226 e. The standard InChI is InChI=1S/C7H12ClO2/c1-7(8)3-2-5-10-6-4-9/h7H,2-3,5-6H2,1H3. The number of hydrogen-bond donors (Lipinski definition) is 0. The lowest BCUT2D eigenvalue weighted by atomic mass is 10.3. The lowest BCUT2D eigenvalue weighted by Gasteiger charge is -2.00. The number of hydrogen-bond acceptors (Lipinski definition) is 2. The summed E-state index contributed by atoms with van der Waals surface area (Å²) in [4.78, 5) is 9.63. The van der Waals surface area contributed by atoms with Crippen molar-refractivity contribution in [2.75, 3.05) is 13.2 Å². The van der Waals surface area contributed by atoms with Crippen molar-refractivity contribution in [3.8, 4) is 0 Å². The van der Waals surface area contributed by atoms with Gasteiger partial charge < -0.3 is 4.74 Å². The predicted molar refractivity (Wildman–Crippen MR) is 41.1 cm³/mol. The van der Waals surface area contributed by atoms with Gasteiger partial charge in [-0.15, -0.1) is 11.6 Å². The molecule has 0 aliphatic carbocycles. The molecule has 0 bridgehead atoms. The summed E-state index contributed by atoms with van der Waals surface area (Å²) in [5.74, 6) is 0. The van der Waals surface area contributed by atoms with E-state index in [1.807, 2.05) is 6.92 Å². The molecule has 3 heteroatoms. The Hall–Kier alpha value is -0.0800. The zero-order valence-electron chi connectivity index (χ0n) is 6.10. The Balaban J connectivity index is 2.83. The molecule has 1 radical (unpaired) electrons. The average molecular weight is 164 g/mol. The molecule has 0 rings (SSSR count). The Morgan fingerprint density at radius 3 is 2.90 bits per heavy atom. The van der Waals surface area contributed by atoms with E-state index in [0.717, 1.165) is 12.8 Å². The summed E-state index contributed by atoms with van der Waals surface area (Å²) in [6.45, 7) is 2.62. The van der Waals surface area contributed by atoms with Crippen LogP contribution in [0, 0.1) is 0 Å². The van der Waals surface area contributed by atoms with Crippen molar-refractivity contribution in [3.05, 3.63) is 0 Å². The Kier molecular flexibility index (Phi) is 6.98. The monoisotopic (exact) mass is 163 g/mol. The van der Waals surface area contributed by atoms with Crippen LogP contribution in [0.25, 0.3) is 0 Å². The van der Waals surface area contributed by atoms with E-state index < -0.39 is 0 Å². The fourth-order valence-electron chi connectivity index (χ4n) is 0.581. The molecule has 2 nitrogen and oxygen atoms in total. The summed E-state index contributed by atoms with van der Waals surface area (Å²) in [7, 11) is 0. The largest absolute Gasteiger partial charge is 0.373 e. The molecule has 0 aromatic heterocycles. The molecule has 0 N–H and O–H groups in total. The lowest BCUT2D eigenvalue weighted by Crippen LogP contribution is -2.00. The number of carbonyl (C=O) groups excluding carboxylic acids is 1. The number of ether oxygens (including phenoxy) is 1. The minimum atomic E-state index is 0.0800. The van der Waals surface area contributed by atoms with Gasteiger partial charge in [0.15, 0.2) is 0 Å². The first kappa shape index (κ1) is 9.92. The third-order valence-corrected chi connectivity index (χ3v) is 1.27. The van der Waals surface area contributed by atoms with E-state index in [4.69, 9.17) is 16.3 Å². The molecule has 0 amide bonds. The fourth-order valence-corrected chi connectivity index (χ4v) is 0.735. The fraction of sp³-hybridized carbons (Fsp3) is 0.857. The van der Waals surface area contributed by atoms with Gasteiger partial charge in [0.05, 0.1) is 0 Å². The van der Waals surface area contributed by atoms with Crippen LogP contribution in [0.15, 0.2) is 0 Å². The maximum absolute atomic E-state index is 9.63. The highest BCUT2D eigenvalue weighted by Crippen LogP contribution is 2.02. The van der Waals surface area contributed by atoms with Gasteiger partial charge in [0.1, 0.15) is 6.61 Å². The zero-order chi connectivity index (χ0) is 7.82. The highest BCUT2D eigenvalue weighted by atomic mass is 35.5. The minimum Gasteiger partial charge on any atom is -0.373 e. The van der Waals surface area contributed by atoms with Crippen molar-refractivity contribution in [1.82, 2.24) is 0 Å². The van der Waals surface area contributed by atoms with Crippen molar-refractivity contribution in [2.24, 2.45) is 0 Å². The van der Waals surface area contributed by atoms with Crippen LogP contribution in [-0.4, -0.2) is 24.9 Å². The van der Waals surface area contributed by atoms with Crippen LogP contribution in [0.4, 0.5) is 0 Å². The first-order valence-corrected chi connectivity index (χ1v) is 3.78. The van der Waals surface area contributed by atoms with E-state index in [0.29, 0.717) is 6.61 Å². The molecule has 0 aliphatic heterocycles. The van der Waals surface area contributed by atoms with Gasteiger partial charge >= 0.3 is 0 Å². The molecule has 1 atom stereocenters. The Morgan fingerprint density at radius 2 is 2.40 bits per heavy atom. The van der Waals surface area contributed by atoms with Crippen molar-refractivity contribution in [3.63, 3.8) is 0 Å². The molecular formula is C7H12ClO2. The second-order valence-corrected chi connectivity index (χ2v) is 2.86. The van der Waals surface area contributed by atoms with Gasteiger partial charge in [0.25, 0.3) is 0 Å². The molecule has 0 aliphatic rings. The van der Waals surface area contributed by atoms with Gasteiger partial charge in [-0.2, -0.15) is 0 Å². The molecule has 0 spiro atoms. The van der Waals surface area contributed by atoms with E-state index in [1.54, 1.807) is 6.29 Å². The molecule has 0 saturated carbocycles. The van der Waals surface area contributed by atoms with Gasteiger partial charge in [-0.25, -0.2) is 0 Å². The van der Waals surface area contributed by atoms with Crippen LogP contribution >= 0.6 is 11.6 Å². The summed E-state index contributed by atoms with van der Waals surface area (Å²) in [5, 5.41) is 0.198. The highest BCUT2D eigenvalue weighted by Gasteiger charge is 1.94. The Bertz CT molecular complexity index is 83.7. The average Bonchev–Trinajstić information content (AvgIpc) is 1.87. The van der Waals surface area contributed by atoms with E-state index in [9.17, 15) is 4.79 Å². The molecular weight excluding hydrogens is 152 g/mol. The third kappa shape index (κ3) is 7.92. The summed E-state index contributed by atoms with van der Waals surface area (Å²) in [5.41, 5.74) is 0. The second-order valence-electron chi connectivity index (χ2n) is 2.12. The predicted octanol–water partition coefficient (Wildman–Crippen LogP) is 1.52. The molecule has 0 heterocycles. The summed E-state index contributed by atoms with van der Waals surface area (Å²) in [6.07, 6.45) is 3.49. The van der Waals surface area contributed by atoms with Gasteiger partial charge in [-0.3, -0.25) is 4.79 Å². The Morgan fingerprint density at radius 1 is 1.70 bits per heavy atom. The maximum atomic E-state index is 9.63. The number of alkyl halides is 1. The van der Waals surface area contributed by atoms with E-state index in [-0.39, 0.29) is 12.0 Å². The molecule has 0 saturated heterocycles. The third-order valence-electron chi connectivity index (χ3n) is 1.05. The number of halogens is 1. The van der Waals surface area contributed by atoms with E-state index in [2.05, 4.69) is 0 Å². The van der Waals surface area contributed by atoms with Gasteiger partial charge in [-0.1, -0.05) is 0 Å². The van der Waals surface area contributed by atoms with Crippen molar-refractivity contribution in [1.29, 1.82) is 0 Å². The molecule has 1 unspecified atom stereocenters. The van der Waals surface area contributed by atoms with Crippen LogP contribution in [0.3, 0.4) is 0 Å². The molecule has 0 aromatic carbocycles. The van der Waals surface area contributed by atoms with Crippen molar-refractivity contribution in [2.45, 2.75) is 25.1 Å². The lowest BCUT2D eigenvalue weighted by molar-refractivity contribution is 0.164. The second kappa shape index (κ2) is 7.03. The van der Waals surface area contributed by atoms with Crippen LogP contribution in [0.2, 0.25) is 0 Å². The van der Waals surface area contributed by atoms with Crippen molar-refractivity contribution >= 4 is 17.9 Å². The van der Waals surface area contributed by atoms with Gasteiger partial charge in [0.2, 0.25) is 6.29 Å². The first-order valence-electron chi connectivity index (χ1n) is 3.34. The summed E-state index contributed by atoms with van der Waals surface area (Å²) < 4.78 is 4.85. The topological polar surface area (TPSA) is 26.3 Å². The quantitative estimate of drug-likeness (QED) is 0.439. The van der Waals surface area contributed by atoms with E-state index >= 15 is 0 Å². The Labute approximate surface area is 66.5 Å². The normalized spacial score (nSPS) is 13.0. The van der Waals surface area contributed by atoms with Gasteiger partial charge in [-0.05, 0) is 19.8 Å². The van der Waals surface area contributed by atoms with Gasteiger partial charge in [0, 0.05) is 12.0 Å². The van der Waals surface area contributed by atoms with E-state index in [1.165, 1.54) is 0 Å². The maximum Gasteiger partial charge on any atom is 0.226 e. The van der Waals surface area contributed by atoms with Crippen molar-refractivity contribution < 1.29 is 9.53 Å².